The van der Waals surface area contributed by atoms with Crippen molar-refractivity contribution in [3.8, 4) is 0 Å². The van der Waals surface area contributed by atoms with E-state index in [0.717, 1.165) is 31.2 Å². The molecule has 0 spiro atoms. The van der Waals surface area contributed by atoms with Gasteiger partial charge in [0.2, 0.25) is 0 Å². The van der Waals surface area contributed by atoms with Crippen LogP contribution in [0.5, 0.6) is 0 Å². The molecule has 0 aliphatic heterocycles. The molecule has 0 unspecified atom stereocenters. The molecule has 2 saturated carbocycles. The smallest absolute Gasteiger partial charge is 0.254 e. The minimum atomic E-state index is -0.0274. The molecule has 0 radical (unpaired) electrons. The highest BCUT2D eigenvalue weighted by molar-refractivity contribution is 5.98. The van der Waals surface area contributed by atoms with E-state index < -0.39 is 0 Å². The third-order valence-corrected chi connectivity index (χ3v) is 5.96. The summed E-state index contributed by atoms with van der Waals surface area (Å²) < 4.78 is 0. The highest BCUT2D eigenvalue weighted by Crippen LogP contribution is 2.31. The second-order valence-corrected chi connectivity index (χ2v) is 8.07. The Morgan fingerprint density at radius 3 is 1.46 bits per heavy atom. The average molecular weight is 357 g/mol. The van der Waals surface area contributed by atoms with Crippen molar-refractivity contribution in [3.05, 3.63) is 35.4 Å². The first-order chi connectivity index (χ1) is 12.6. The summed E-state index contributed by atoms with van der Waals surface area (Å²) in [6.45, 7) is 0. The third-order valence-electron chi connectivity index (χ3n) is 5.96. The Morgan fingerprint density at radius 1 is 0.692 bits per heavy atom. The van der Waals surface area contributed by atoms with Crippen LogP contribution in [0, 0.1) is 0 Å². The van der Waals surface area contributed by atoms with Crippen molar-refractivity contribution in [1.29, 1.82) is 0 Å². The lowest BCUT2D eigenvalue weighted by Gasteiger charge is -2.42. The molecule has 2 aliphatic rings. The van der Waals surface area contributed by atoms with Crippen LogP contribution < -0.4 is 0 Å². The number of hydrogen-bond acceptors (Lipinski definition) is 2. The molecule has 0 N–H and O–H groups in total. The summed E-state index contributed by atoms with van der Waals surface area (Å²) in [5, 5.41) is 0. The van der Waals surface area contributed by atoms with Crippen molar-refractivity contribution in [1.82, 2.24) is 9.80 Å². The van der Waals surface area contributed by atoms with Gasteiger partial charge in [-0.15, -0.1) is 0 Å². The fourth-order valence-electron chi connectivity index (χ4n) is 4.51. The van der Waals surface area contributed by atoms with Crippen LogP contribution in [0.25, 0.3) is 0 Å². The zero-order valence-electron chi connectivity index (χ0n) is 16.2. The molecule has 0 bridgehead atoms. The van der Waals surface area contributed by atoms with Crippen LogP contribution in [0.2, 0.25) is 0 Å². The molecular formula is C22H32N2O2. The number of hydrogen-bond donors (Lipinski definition) is 0. The van der Waals surface area contributed by atoms with Crippen LogP contribution in [0.15, 0.2) is 24.3 Å². The van der Waals surface area contributed by atoms with Crippen molar-refractivity contribution in [3.63, 3.8) is 0 Å². The van der Waals surface area contributed by atoms with Crippen LogP contribution in [-0.4, -0.2) is 47.8 Å². The van der Waals surface area contributed by atoms with Gasteiger partial charge in [0.15, 0.2) is 0 Å². The predicted octanol–water partition coefficient (Wildman–Crippen LogP) is 4.50. The molecule has 26 heavy (non-hydrogen) atoms. The van der Waals surface area contributed by atoms with E-state index in [2.05, 4.69) is 4.90 Å². The summed E-state index contributed by atoms with van der Waals surface area (Å²) in [6.07, 6.45) is 12.1. The summed E-state index contributed by atoms with van der Waals surface area (Å²) in [7, 11) is 3.49. The molecule has 0 atom stereocenters. The van der Waals surface area contributed by atoms with Crippen LogP contribution in [0.4, 0.5) is 0 Å². The van der Waals surface area contributed by atoms with Gasteiger partial charge in [-0.25, -0.2) is 0 Å². The molecule has 4 nitrogen and oxygen atoms in total. The first-order valence-corrected chi connectivity index (χ1v) is 10.2. The van der Waals surface area contributed by atoms with E-state index in [4.69, 9.17) is 0 Å². The van der Waals surface area contributed by atoms with E-state index in [-0.39, 0.29) is 11.8 Å². The molecule has 3 rings (SSSR count). The maximum atomic E-state index is 13.4. The van der Waals surface area contributed by atoms with Gasteiger partial charge in [0.25, 0.3) is 11.8 Å². The third kappa shape index (κ3) is 4.28. The first kappa shape index (κ1) is 18.9. The summed E-state index contributed by atoms with van der Waals surface area (Å²) in [5.41, 5.74) is 1.35. The zero-order valence-corrected chi connectivity index (χ0v) is 16.2. The molecule has 2 fully saturated rings. The normalized spacial score (nSPS) is 19.2. The molecule has 0 heterocycles. The number of benzene rings is 1. The summed E-state index contributed by atoms with van der Waals surface area (Å²) in [4.78, 5) is 29.3. The second-order valence-electron chi connectivity index (χ2n) is 8.07. The van der Waals surface area contributed by atoms with Gasteiger partial charge in [0, 0.05) is 37.3 Å². The van der Waals surface area contributed by atoms with Gasteiger partial charge in [-0.1, -0.05) is 38.5 Å². The van der Waals surface area contributed by atoms with Crippen molar-refractivity contribution in [2.24, 2.45) is 0 Å². The van der Waals surface area contributed by atoms with Gasteiger partial charge in [-0.2, -0.15) is 0 Å². The van der Waals surface area contributed by atoms with Gasteiger partial charge in [0.05, 0.1) is 0 Å². The lowest BCUT2D eigenvalue weighted by atomic mass is 9.88. The number of amides is 2. The molecule has 0 saturated heterocycles. The van der Waals surface area contributed by atoms with Gasteiger partial charge in [-0.05, 0) is 49.9 Å². The largest absolute Gasteiger partial charge is 0.345 e. The zero-order chi connectivity index (χ0) is 18.5. The first-order valence-electron chi connectivity index (χ1n) is 10.2. The number of rotatable bonds is 4. The van der Waals surface area contributed by atoms with Gasteiger partial charge >= 0.3 is 0 Å². The van der Waals surface area contributed by atoms with Gasteiger partial charge < -0.3 is 9.80 Å². The summed E-state index contributed by atoms with van der Waals surface area (Å²) in [6, 6.07) is 8.02. The van der Waals surface area contributed by atoms with E-state index in [0.29, 0.717) is 17.6 Å². The topological polar surface area (TPSA) is 40.6 Å². The highest BCUT2D eigenvalue weighted by atomic mass is 16.2. The van der Waals surface area contributed by atoms with E-state index >= 15 is 0 Å². The van der Waals surface area contributed by atoms with Crippen LogP contribution in [0.3, 0.4) is 0 Å². The van der Waals surface area contributed by atoms with Crippen LogP contribution >= 0.6 is 0 Å². The summed E-state index contributed by atoms with van der Waals surface area (Å²) >= 11 is 0. The lowest BCUT2D eigenvalue weighted by molar-refractivity contribution is 0.0448. The number of carbonyl (C=O) groups excluding carboxylic acids is 2. The van der Waals surface area contributed by atoms with Crippen LogP contribution in [0.1, 0.15) is 84.9 Å². The van der Waals surface area contributed by atoms with Crippen molar-refractivity contribution in [2.75, 3.05) is 14.1 Å². The number of nitrogens with zero attached hydrogens (tertiary/aromatic N) is 2. The maximum absolute atomic E-state index is 13.4. The Labute approximate surface area is 157 Å². The Hall–Kier alpha value is -1.84. The average Bonchev–Trinajstić information content (AvgIpc) is 2.69. The van der Waals surface area contributed by atoms with Crippen LogP contribution in [-0.2, 0) is 0 Å². The molecule has 4 heteroatoms. The van der Waals surface area contributed by atoms with Gasteiger partial charge in [-0.3, -0.25) is 9.59 Å². The molecule has 1 aromatic rings. The molecule has 0 aromatic heterocycles. The minimum absolute atomic E-state index is 0.0274. The Kier molecular flexibility index (Phi) is 6.33. The lowest BCUT2D eigenvalue weighted by Crippen LogP contribution is -2.48. The quantitative estimate of drug-likeness (QED) is 0.797. The van der Waals surface area contributed by atoms with Crippen molar-refractivity contribution >= 4 is 11.8 Å². The SMILES string of the molecule is CN(C)C(=O)c1ccc(C(=O)N(C2CCCCC2)C2CCCCC2)cc1. The Balaban J connectivity index is 1.80. The van der Waals surface area contributed by atoms with E-state index in [9.17, 15) is 9.59 Å². The minimum Gasteiger partial charge on any atom is -0.345 e. The second kappa shape index (κ2) is 8.70. The van der Waals surface area contributed by atoms with E-state index in [1.807, 2.05) is 12.1 Å². The monoisotopic (exact) mass is 356 g/mol. The van der Waals surface area contributed by atoms with Crippen molar-refractivity contribution < 1.29 is 9.59 Å². The predicted molar refractivity (Wildman–Crippen MR) is 104 cm³/mol. The summed E-state index contributed by atoms with van der Waals surface area (Å²) in [5.74, 6) is 0.132. The van der Waals surface area contributed by atoms with Gasteiger partial charge in [0.1, 0.15) is 0 Å². The standard InChI is InChI=1S/C22H32N2O2/c1-23(2)21(25)17-13-15-18(16-14-17)22(26)24(19-9-5-3-6-10-19)20-11-7-4-8-12-20/h13-16,19-20H,3-12H2,1-2H3. The van der Waals surface area contributed by atoms with E-state index in [1.54, 1.807) is 31.1 Å². The Morgan fingerprint density at radius 2 is 1.08 bits per heavy atom. The Bertz CT molecular complexity index is 594. The molecule has 2 amide bonds. The fraction of sp³-hybridized carbons (Fsp3) is 0.636. The van der Waals surface area contributed by atoms with Crippen molar-refractivity contribution in [2.45, 2.75) is 76.3 Å². The number of carbonyl (C=O) groups is 2. The fourth-order valence-corrected chi connectivity index (χ4v) is 4.51. The van der Waals surface area contributed by atoms with E-state index in [1.165, 1.54) is 38.5 Å². The molecular weight excluding hydrogens is 324 g/mol. The molecule has 1 aromatic carbocycles. The highest BCUT2D eigenvalue weighted by Gasteiger charge is 2.33. The molecule has 2 aliphatic carbocycles. The molecule has 142 valence electrons. The maximum Gasteiger partial charge on any atom is 0.254 e.